The van der Waals surface area contributed by atoms with E-state index >= 15 is 0 Å². The number of carbonyl (C=O) groups excluding carboxylic acids is 2. The fourth-order valence-corrected chi connectivity index (χ4v) is 3.81. The summed E-state index contributed by atoms with van der Waals surface area (Å²) in [6, 6.07) is 20.6. The summed E-state index contributed by atoms with van der Waals surface area (Å²) in [7, 11) is 1.61. The third kappa shape index (κ3) is 6.50. The molecule has 3 aromatic carbocycles. The molecular formula is C28H34N2O4. The summed E-state index contributed by atoms with van der Waals surface area (Å²) >= 11 is 0. The van der Waals surface area contributed by atoms with Crippen molar-refractivity contribution in [3.63, 3.8) is 0 Å². The summed E-state index contributed by atoms with van der Waals surface area (Å²) in [6.07, 6.45) is 0.500. The van der Waals surface area contributed by atoms with Crippen molar-refractivity contribution in [3.05, 3.63) is 72.3 Å². The number of carbonyl (C=O) groups is 2. The molecule has 3 rings (SSSR count). The van der Waals surface area contributed by atoms with Gasteiger partial charge in [0.15, 0.2) is 6.61 Å². The minimum atomic E-state index is -0.593. The van der Waals surface area contributed by atoms with Gasteiger partial charge in [-0.15, -0.1) is 0 Å². The molecule has 0 radical (unpaired) electrons. The SMILES string of the molecule is CCC(C(=O)NCC(C)C)N(Cc1ccc(OC)cc1)C(=O)COc1cccc2ccccc12. The van der Waals surface area contributed by atoms with Crippen molar-refractivity contribution in [1.82, 2.24) is 10.2 Å². The molecule has 0 heterocycles. The van der Waals surface area contributed by atoms with Crippen LogP contribution in [-0.2, 0) is 16.1 Å². The Kier molecular flexibility index (Phi) is 8.91. The van der Waals surface area contributed by atoms with E-state index in [1.165, 1.54) is 0 Å². The Bertz CT molecular complexity index is 1090. The Labute approximate surface area is 201 Å². The monoisotopic (exact) mass is 462 g/mol. The molecule has 0 aliphatic carbocycles. The maximum Gasteiger partial charge on any atom is 0.261 e. The van der Waals surface area contributed by atoms with Crippen LogP contribution in [0, 0.1) is 5.92 Å². The number of hydrogen-bond donors (Lipinski definition) is 1. The second kappa shape index (κ2) is 12.1. The zero-order chi connectivity index (χ0) is 24.5. The first-order valence-corrected chi connectivity index (χ1v) is 11.7. The molecule has 2 amide bonds. The molecule has 0 saturated heterocycles. The third-order valence-electron chi connectivity index (χ3n) is 5.68. The molecule has 0 aliphatic heterocycles. The van der Waals surface area contributed by atoms with Crippen molar-refractivity contribution >= 4 is 22.6 Å². The second-order valence-electron chi connectivity index (χ2n) is 8.70. The van der Waals surface area contributed by atoms with Crippen LogP contribution >= 0.6 is 0 Å². The van der Waals surface area contributed by atoms with Crippen molar-refractivity contribution < 1.29 is 19.1 Å². The number of rotatable bonds is 11. The molecule has 1 N–H and O–H groups in total. The standard InChI is InChI=1S/C28H34N2O4/c1-5-25(28(32)29-17-20(2)3)30(18-21-13-15-23(33-4)16-14-21)27(31)19-34-26-12-8-10-22-9-6-7-11-24(22)26/h6-16,20,25H,5,17-19H2,1-4H3,(H,29,32). The van der Waals surface area contributed by atoms with Crippen molar-refractivity contribution in [2.24, 2.45) is 5.92 Å². The Morgan fingerprint density at radius 2 is 1.68 bits per heavy atom. The zero-order valence-corrected chi connectivity index (χ0v) is 20.4. The number of hydrogen-bond acceptors (Lipinski definition) is 4. The molecule has 0 saturated carbocycles. The number of amides is 2. The highest BCUT2D eigenvalue weighted by molar-refractivity contribution is 5.90. The smallest absolute Gasteiger partial charge is 0.261 e. The van der Waals surface area contributed by atoms with Crippen molar-refractivity contribution in [1.29, 1.82) is 0 Å². The number of benzene rings is 3. The number of methoxy groups -OCH3 is 1. The number of ether oxygens (including phenoxy) is 2. The maximum atomic E-state index is 13.4. The first kappa shape index (κ1) is 25.1. The van der Waals surface area contributed by atoms with Gasteiger partial charge in [0.2, 0.25) is 5.91 Å². The van der Waals surface area contributed by atoms with Crippen molar-refractivity contribution in [2.45, 2.75) is 39.8 Å². The van der Waals surface area contributed by atoms with Gasteiger partial charge in [0.25, 0.3) is 5.91 Å². The van der Waals surface area contributed by atoms with Gasteiger partial charge in [-0.3, -0.25) is 9.59 Å². The van der Waals surface area contributed by atoms with E-state index < -0.39 is 6.04 Å². The molecule has 6 nitrogen and oxygen atoms in total. The van der Waals surface area contributed by atoms with Gasteiger partial charge in [-0.1, -0.05) is 69.3 Å². The summed E-state index contributed by atoms with van der Waals surface area (Å²) in [4.78, 5) is 28.0. The van der Waals surface area contributed by atoms with Gasteiger partial charge in [-0.2, -0.15) is 0 Å². The maximum absolute atomic E-state index is 13.4. The van der Waals surface area contributed by atoms with Gasteiger partial charge in [0, 0.05) is 18.5 Å². The number of fused-ring (bicyclic) bond motifs is 1. The van der Waals surface area contributed by atoms with Crippen LogP contribution in [0.1, 0.15) is 32.8 Å². The lowest BCUT2D eigenvalue weighted by Crippen LogP contribution is -2.50. The van der Waals surface area contributed by atoms with Crippen LogP contribution in [0.15, 0.2) is 66.7 Å². The molecule has 0 aromatic heterocycles. The largest absolute Gasteiger partial charge is 0.497 e. The highest BCUT2D eigenvalue weighted by Gasteiger charge is 2.29. The molecular weight excluding hydrogens is 428 g/mol. The molecule has 180 valence electrons. The van der Waals surface area contributed by atoms with Crippen molar-refractivity contribution in [3.8, 4) is 11.5 Å². The van der Waals surface area contributed by atoms with Gasteiger partial charge in [0.05, 0.1) is 7.11 Å². The lowest BCUT2D eigenvalue weighted by Gasteiger charge is -2.31. The first-order chi connectivity index (χ1) is 16.4. The fraction of sp³-hybridized carbons (Fsp3) is 0.357. The van der Waals surface area contributed by atoms with Crippen LogP contribution in [0.3, 0.4) is 0 Å². The minimum absolute atomic E-state index is 0.150. The van der Waals surface area contributed by atoms with E-state index in [-0.39, 0.29) is 18.4 Å². The molecule has 0 aliphatic rings. The van der Waals surface area contributed by atoms with Gasteiger partial charge < -0.3 is 19.7 Å². The zero-order valence-electron chi connectivity index (χ0n) is 20.4. The lowest BCUT2D eigenvalue weighted by atomic mass is 10.1. The van der Waals surface area contributed by atoms with Crippen LogP contribution in [0.2, 0.25) is 0 Å². The van der Waals surface area contributed by atoms with Gasteiger partial charge in [-0.05, 0) is 41.5 Å². The Hall–Kier alpha value is -3.54. The molecule has 1 unspecified atom stereocenters. The van der Waals surface area contributed by atoms with E-state index in [1.54, 1.807) is 12.0 Å². The summed E-state index contributed by atoms with van der Waals surface area (Å²) < 4.78 is 11.2. The van der Waals surface area contributed by atoms with E-state index in [1.807, 2.05) is 87.5 Å². The Morgan fingerprint density at radius 1 is 0.971 bits per heavy atom. The van der Waals surface area contributed by atoms with Crippen LogP contribution in [0.4, 0.5) is 0 Å². The van der Waals surface area contributed by atoms with Crippen LogP contribution in [-0.4, -0.2) is 43.0 Å². The highest BCUT2D eigenvalue weighted by Crippen LogP contribution is 2.25. The lowest BCUT2D eigenvalue weighted by molar-refractivity contribution is -0.143. The predicted molar refractivity (Wildman–Crippen MR) is 135 cm³/mol. The summed E-state index contributed by atoms with van der Waals surface area (Å²) in [5.41, 5.74) is 0.912. The Morgan fingerprint density at radius 3 is 2.35 bits per heavy atom. The summed E-state index contributed by atoms with van der Waals surface area (Å²) in [5.74, 6) is 1.32. The van der Waals surface area contributed by atoms with Crippen molar-refractivity contribution in [2.75, 3.05) is 20.3 Å². The van der Waals surface area contributed by atoms with Gasteiger partial charge >= 0.3 is 0 Å². The average Bonchev–Trinajstić information content (AvgIpc) is 2.86. The van der Waals surface area contributed by atoms with Gasteiger partial charge in [-0.25, -0.2) is 0 Å². The minimum Gasteiger partial charge on any atom is -0.497 e. The van der Waals surface area contributed by atoms with E-state index in [0.717, 1.165) is 22.1 Å². The van der Waals surface area contributed by atoms with Crippen LogP contribution < -0.4 is 14.8 Å². The predicted octanol–water partition coefficient (Wildman–Crippen LogP) is 4.81. The summed E-state index contributed by atoms with van der Waals surface area (Å²) in [6.45, 7) is 6.71. The van der Waals surface area contributed by atoms with E-state index in [2.05, 4.69) is 5.32 Å². The van der Waals surface area contributed by atoms with Crippen LogP contribution in [0.5, 0.6) is 11.5 Å². The van der Waals surface area contributed by atoms with Gasteiger partial charge in [0.1, 0.15) is 17.5 Å². The van der Waals surface area contributed by atoms with Crippen LogP contribution in [0.25, 0.3) is 10.8 Å². The van der Waals surface area contributed by atoms with E-state index in [4.69, 9.17) is 9.47 Å². The number of nitrogens with zero attached hydrogens (tertiary/aromatic N) is 1. The first-order valence-electron chi connectivity index (χ1n) is 11.7. The molecule has 6 heteroatoms. The molecule has 0 spiro atoms. The molecule has 0 bridgehead atoms. The topological polar surface area (TPSA) is 67.9 Å². The molecule has 3 aromatic rings. The third-order valence-corrected chi connectivity index (χ3v) is 5.68. The molecule has 34 heavy (non-hydrogen) atoms. The quantitative estimate of drug-likeness (QED) is 0.444. The normalized spacial score (nSPS) is 11.8. The average molecular weight is 463 g/mol. The van der Waals surface area contributed by atoms with E-state index in [0.29, 0.717) is 31.2 Å². The fourth-order valence-electron chi connectivity index (χ4n) is 3.81. The number of nitrogens with one attached hydrogen (secondary N) is 1. The Balaban J connectivity index is 1.81. The summed E-state index contributed by atoms with van der Waals surface area (Å²) in [5, 5.41) is 4.97. The highest BCUT2D eigenvalue weighted by atomic mass is 16.5. The second-order valence-corrected chi connectivity index (χ2v) is 8.70. The molecule has 1 atom stereocenters. The van der Waals surface area contributed by atoms with E-state index in [9.17, 15) is 9.59 Å². The molecule has 0 fully saturated rings.